The van der Waals surface area contributed by atoms with Gasteiger partial charge in [0.1, 0.15) is 17.9 Å². The summed E-state index contributed by atoms with van der Waals surface area (Å²) in [5, 5.41) is 6.16. The molecule has 3 heterocycles. The molecule has 2 aromatic rings. The minimum absolute atomic E-state index is 0.0824. The molecule has 4 rings (SSSR count). The van der Waals surface area contributed by atoms with Crippen molar-refractivity contribution in [2.75, 3.05) is 6.61 Å². The van der Waals surface area contributed by atoms with Crippen molar-refractivity contribution in [1.82, 2.24) is 5.01 Å². The van der Waals surface area contributed by atoms with Crippen molar-refractivity contribution in [1.29, 1.82) is 0 Å². The zero-order valence-corrected chi connectivity index (χ0v) is 14.6. The molecule has 2 aliphatic heterocycles. The highest BCUT2D eigenvalue weighted by Gasteiger charge is 2.39. The van der Waals surface area contributed by atoms with Crippen LogP contribution in [-0.4, -0.2) is 29.3 Å². The van der Waals surface area contributed by atoms with E-state index in [9.17, 15) is 4.79 Å². The lowest BCUT2D eigenvalue weighted by Gasteiger charge is -2.22. The Bertz CT molecular complexity index is 749. The molecule has 0 N–H and O–H groups in total. The van der Waals surface area contributed by atoms with Crippen LogP contribution in [0.4, 0.5) is 0 Å². The third-order valence-electron chi connectivity index (χ3n) is 4.39. The number of furan rings is 1. The molecule has 0 radical (unpaired) electrons. The van der Waals surface area contributed by atoms with Gasteiger partial charge in [-0.2, -0.15) is 5.10 Å². The fourth-order valence-corrected chi connectivity index (χ4v) is 3.42. The lowest BCUT2D eigenvalue weighted by molar-refractivity contribution is -0.143. The molecule has 0 unspecified atom stereocenters. The van der Waals surface area contributed by atoms with Crippen LogP contribution in [0.25, 0.3) is 0 Å². The molecule has 6 heteroatoms. The van der Waals surface area contributed by atoms with Gasteiger partial charge in [-0.1, -0.05) is 28.1 Å². The van der Waals surface area contributed by atoms with E-state index in [2.05, 4.69) is 21.0 Å². The molecule has 1 aromatic heterocycles. The monoisotopic (exact) mass is 388 g/mol. The van der Waals surface area contributed by atoms with Gasteiger partial charge in [0.15, 0.2) is 0 Å². The fraction of sp³-hybridized carbons (Fsp3) is 0.333. The number of rotatable bonds is 3. The number of nitrogens with zero attached hydrogens (tertiary/aromatic N) is 2. The summed E-state index contributed by atoms with van der Waals surface area (Å²) < 4.78 is 12.1. The van der Waals surface area contributed by atoms with Crippen LogP contribution in [0, 0.1) is 0 Å². The van der Waals surface area contributed by atoms with Crippen molar-refractivity contribution in [3.8, 4) is 0 Å². The number of hydrogen-bond donors (Lipinski definition) is 0. The lowest BCUT2D eigenvalue weighted by atomic mass is 10.0. The maximum absolute atomic E-state index is 12.8. The minimum Gasteiger partial charge on any atom is -0.467 e. The highest BCUT2D eigenvalue weighted by atomic mass is 79.9. The third-order valence-corrected chi connectivity index (χ3v) is 4.92. The summed E-state index contributed by atoms with van der Waals surface area (Å²) in [4.78, 5) is 12.8. The average molecular weight is 389 g/mol. The normalized spacial score (nSPS) is 23.5. The quantitative estimate of drug-likeness (QED) is 0.800. The van der Waals surface area contributed by atoms with Gasteiger partial charge in [-0.15, -0.1) is 0 Å². The largest absolute Gasteiger partial charge is 0.467 e. The van der Waals surface area contributed by atoms with E-state index in [1.807, 2.05) is 36.4 Å². The van der Waals surface area contributed by atoms with Crippen LogP contribution in [0.5, 0.6) is 0 Å². The van der Waals surface area contributed by atoms with Gasteiger partial charge in [-0.3, -0.25) is 4.79 Å². The second-order valence-corrected chi connectivity index (χ2v) is 6.89. The van der Waals surface area contributed by atoms with Gasteiger partial charge in [0.2, 0.25) is 0 Å². The number of ether oxygens (including phenoxy) is 1. The predicted octanol–water partition coefficient (Wildman–Crippen LogP) is 3.90. The summed E-state index contributed by atoms with van der Waals surface area (Å²) in [5.41, 5.74) is 1.90. The van der Waals surface area contributed by atoms with E-state index in [0.717, 1.165) is 34.3 Å². The Morgan fingerprint density at radius 1 is 1.25 bits per heavy atom. The highest BCUT2D eigenvalue weighted by Crippen LogP contribution is 2.34. The first-order valence-electron chi connectivity index (χ1n) is 8.04. The minimum atomic E-state index is -0.393. The van der Waals surface area contributed by atoms with E-state index in [1.54, 1.807) is 11.3 Å². The molecule has 1 saturated heterocycles. The highest BCUT2D eigenvalue weighted by molar-refractivity contribution is 9.10. The molecule has 1 aromatic carbocycles. The smallest absolute Gasteiger partial charge is 0.272 e. The maximum atomic E-state index is 12.8. The Labute approximate surface area is 148 Å². The molecule has 1 amide bonds. The van der Waals surface area contributed by atoms with E-state index in [0.29, 0.717) is 13.0 Å². The second-order valence-electron chi connectivity index (χ2n) is 5.97. The average Bonchev–Trinajstić information content (AvgIpc) is 3.34. The summed E-state index contributed by atoms with van der Waals surface area (Å²) >= 11 is 3.44. The number of hydrogen-bond acceptors (Lipinski definition) is 4. The summed E-state index contributed by atoms with van der Waals surface area (Å²) in [7, 11) is 0. The number of carbonyl (C=O) groups excluding carboxylic acids is 1. The van der Waals surface area contributed by atoms with Gasteiger partial charge in [0.05, 0.1) is 12.0 Å². The SMILES string of the molecule is O=C([C@H]1CCCO1)N1N=C(c2ccc(Br)cc2)C[C@@H]1c1ccco1. The second kappa shape index (κ2) is 6.53. The Hall–Kier alpha value is -1.92. The first-order valence-corrected chi connectivity index (χ1v) is 8.83. The van der Waals surface area contributed by atoms with Crippen LogP contribution in [-0.2, 0) is 9.53 Å². The summed E-state index contributed by atoms with van der Waals surface area (Å²) in [6, 6.07) is 11.5. The van der Waals surface area contributed by atoms with Crippen LogP contribution in [0.15, 0.2) is 56.7 Å². The van der Waals surface area contributed by atoms with Crippen molar-refractivity contribution in [2.24, 2.45) is 5.10 Å². The molecule has 24 heavy (non-hydrogen) atoms. The van der Waals surface area contributed by atoms with E-state index < -0.39 is 6.10 Å². The van der Waals surface area contributed by atoms with Gasteiger partial charge in [-0.05, 0) is 42.7 Å². The summed E-state index contributed by atoms with van der Waals surface area (Å²) in [6.45, 7) is 0.638. The first-order chi connectivity index (χ1) is 11.7. The van der Waals surface area contributed by atoms with E-state index in [4.69, 9.17) is 9.15 Å². The molecule has 2 atom stereocenters. The van der Waals surface area contributed by atoms with Gasteiger partial charge in [-0.25, -0.2) is 5.01 Å². The molecular formula is C18H17BrN2O3. The third kappa shape index (κ3) is 2.91. The van der Waals surface area contributed by atoms with Crippen molar-refractivity contribution in [3.05, 3.63) is 58.5 Å². The molecule has 0 saturated carbocycles. The Morgan fingerprint density at radius 2 is 2.08 bits per heavy atom. The first kappa shape index (κ1) is 15.6. The Morgan fingerprint density at radius 3 is 2.75 bits per heavy atom. The maximum Gasteiger partial charge on any atom is 0.272 e. The fourth-order valence-electron chi connectivity index (χ4n) is 3.15. The van der Waals surface area contributed by atoms with Crippen molar-refractivity contribution < 1.29 is 13.9 Å². The van der Waals surface area contributed by atoms with Crippen LogP contribution in [0.2, 0.25) is 0 Å². The Balaban J connectivity index is 1.65. The van der Waals surface area contributed by atoms with Crippen molar-refractivity contribution >= 4 is 27.5 Å². The molecule has 0 spiro atoms. The van der Waals surface area contributed by atoms with E-state index in [-0.39, 0.29) is 11.9 Å². The van der Waals surface area contributed by atoms with Gasteiger partial charge in [0.25, 0.3) is 5.91 Å². The predicted molar refractivity (Wildman–Crippen MR) is 92.6 cm³/mol. The number of benzene rings is 1. The van der Waals surface area contributed by atoms with Gasteiger partial charge in [0, 0.05) is 17.5 Å². The van der Waals surface area contributed by atoms with E-state index >= 15 is 0 Å². The van der Waals surface area contributed by atoms with Crippen LogP contribution in [0.3, 0.4) is 0 Å². The topological polar surface area (TPSA) is 55.0 Å². The Kier molecular flexibility index (Phi) is 4.24. The van der Waals surface area contributed by atoms with Gasteiger partial charge < -0.3 is 9.15 Å². The number of hydrazone groups is 1. The van der Waals surface area contributed by atoms with Crippen molar-refractivity contribution in [2.45, 2.75) is 31.4 Å². The number of carbonyl (C=O) groups is 1. The zero-order chi connectivity index (χ0) is 16.5. The van der Waals surface area contributed by atoms with Crippen LogP contribution < -0.4 is 0 Å². The summed E-state index contributed by atoms with van der Waals surface area (Å²) in [6.07, 6.45) is 3.54. The van der Waals surface area contributed by atoms with E-state index in [1.165, 1.54) is 0 Å². The standard InChI is InChI=1S/C18H17BrN2O3/c19-13-7-5-12(6-8-13)14-11-15(16-3-1-9-23-16)21(20-14)18(22)17-4-2-10-24-17/h1,3,5-9,15,17H,2,4,10-11H2/t15-,17-/m1/s1. The molecule has 0 aliphatic carbocycles. The lowest BCUT2D eigenvalue weighted by Crippen LogP contribution is -2.35. The number of halogens is 1. The van der Waals surface area contributed by atoms with Crippen LogP contribution in [0.1, 0.15) is 36.6 Å². The molecule has 124 valence electrons. The van der Waals surface area contributed by atoms with Crippen molar-refractivity contribution in [3.63, 3.8) is 0 Å². The van der Waals surface area contributed by atoms with Gasteiger partial charge >= 0.3 is 0 Å². The summed E-state index contributed by atoms with van der Waals surface area (Å²) in [5.74, 6) is 0.665. The molecule has 5 nitrogen and oxygen atoms in total. The molecular weight excluding hydrogens is 372 g/mol. The molecule has 2 aliphatic rings. The zero-order valence-electron chi connectivity index (χ0n) is 13.0. The van der Waals surface area contributed by atoms with Crippen LogP contribution >= 0.6 is 15.9 Å². The number of amides is 1. The molecule has 1 fully saturated rings. The molecule has 0 bridgehead atoms.